The van der Waals surface area contributed by atoms with Crippen molar-refractivity contribution in [1.82, 2.24) is 10.3 Å². The Hall–Kier alpha value is -1.78. The number of pyridine rings is 1. The summed E-state index contributed by atoms with van der Waals surface area (Å²) in [5.41, 5.74) is 0. The van der Waals surface area contributed by atoms with Gasteiger partial charge in [-0.05, 0) is 12.1 Å². The van der Waals surface area contributed by atoms with E-state index in [9.17, 15) is 4.79 Å². The molecule has 0 atom stereocenters. The van der Waals surface area contributed by atoms with Gasteiger partial charge in [0, 0.05) is 27.1 Å². The molecule has 15 heavy (non-hydrogen) atoms. The summed E-state index contributed by atoms with van der Waals surface area (Å²) in [6.07, 6.45) is 0.446. The fraction of sp³-hybridized carbons (Fsp3) is 0.400. The number of carbonyl (C=O) groups is 1. The molecule has 3 N–H and O–H groups in total. The molecule has 1 heterocycles. The Labute approximate surface area is 89.3 Å². The van der Waals surface area contributed by atoms with E-state index in [0.717, 1.165) is 11.6 Å². The lowest BCUT2D eigenvalue weighted by Crippen LogP contribution is -2.21. The van der Waals surface area contributed by atoms with Gasteiger partial charge in [0.1, 0.15) is 11.6 Å². The zero-order valence-corrected chi connectivity index (χ0v) is 9.00. The third-order valence-corrected chi connectivity index (χ3v) is 1.94. The maximum absolute atomic E-state index is 10.9. The van der Waals surface area contributed by atoms with Crippen LogP contribution in [0.1, 0.15) is 6.42 Å². The van der Waals surface area contributed by atoms with Gasteiger partial charge in [0.25, 0.3) is 0 Å². The molecule has 0 saturated heterocycles. The van der Waals surface area contributed by atoms with Crippen molar-refractivity contribution >= 4 is 17.5 Å². The smallest absolute Gasteiger partial charge is 0.221 e. The summed E-state index contributed by atoms with van der Waals surface area (Å²) in [6, 6.07) is 5.65. The van der Waals surface area contributed by atoms with Crippen LogP contribution in [0, 0.1) is 0 Å². The Morgan fingerprint density at radius 1 is 1.33 bits per heavy atom. The first-order chi connectivity index (χ1) is 7.26. The van der Waals surface area contributed by atoms with Gasteiger partial charge in [-0.1, -0.05) is 6.07 Å². The van der Waals surface area contributed by atoms with Crippen molar-refractivity contribution in [2.24, 2.45) is 0 Å². The summed E-state index contributed by atoms with van der Waals surface area (Å²) in [7, 11) is 3.44. The summed E-state index contributed by atoms with van der Waals surface area (Å²) >= 11 is 0. The molecule has 0 aliphatic heterocycles. The zero-order chi connectivity index (χ0) is 11.1. The monoisotopic (exact) mass is 208 g/mol. The van der Waals surface area contributed by atoms with Gasteiger partial charge >= 0.3 is 0 Å². The van der Waals surface area contributed by atoms with E-state index in [1.54, 1.807) is 7.05 Å². The van der Waals surface area contributed by atoms with Crippen molar-refractivity contribution in [2.45, 2.75) is 6.42 Å². The van der Waals surface area contributed by atoms with Crippen LogP contribution in [0.25, 0.3) is 0 Å². The molecule has 0 aliphatic rings. The van der Waals surface area contributed by atoms with E-state index < -0.39 is 0 Å². The number of nitrogens with one attached hydrogen (secondary N) is 3. The predicted molar refractivity (Wildman–Crippen MR) is 61.0 cm³/mol. The first-order valence-electron chi connectivity index (χ1n) is 4.85. The molecule has 0 fully saturated rings. The Balaban J connectivity index is 2.40. The normalized spacial score (nSPS) is 9.47. The van der Waals surface area contributed by atoms with E-state index in [4.69, 9.17) is 0 Å². The van der Waals surface area contributed by atoms with Gasteiger partial charge in [-0.15, -0.1) is 0 Å². The molecule has 0 radical (unpaired) electrons. The molecule has 1 aromatic rings. The van der Waals surface area contributed by atoms with Crippen molar-refractivity contribution < 1.29 is 4.79 Å². The van der Waals surface area contributed by atoms with Gasteiger partial charge in [-0.3, -0.25) is 4.79 Å². The van der Waals surface area contributed by atoms with E-state index in [1.807, 2.05) is 25.2 Å². The van der Waals surface area contributed by atoms with Crippen LogP contribution in [0.15, 0.2) is 18.2 Å². The minimum absolute atomic E-state index is 0.0206. The summed E-state index contributed by atoms with van der Waals surface area (Å²) < 4.78 is 0. The lowest BCUT2D eigenvalue weighted by Gasteiger charge is -2.06. The van der Waals surface area contributed by atoms with Crippen molar-refractivity contribution in [3.05, 3.63) is 18.2 Å². The SMILES string of the molecule is CNC(=O)CCNc1cccc(NC)n1. The third-order valence-electron chi connectivity index (χ3n) is 1.94. The van der Waals surface area contributed by atoms with Crippen LogP contribution in [-0.2, 0) is 4.79 Å². The van der Waals surface area contributed by atoms with Crippen LogP contribution in [0.2, 0.25) is 0 Å². The number of rotatable bonds is 5. The van der Waals surface area contributed by atoms with Crippen molar-refractivity contribution in [3.63, 3.8) is 0 Å². The lowest BCUT2D eigenvalue weighted by atomic mass is 10.4. The van der Waals surface area contributed by atoms with Gasteiger partial charge in [0.2, 0.25) is 5.91 Å². The predicted octanol–water partition coefficient (Wildman–Crippen LogP) is 0.671. The van der Waals surface area contributed by atoms with Crippen molar-refractivity contribution in [1.29, 1.82) is 0 Å². The highest BCUT2D eigenvalue weighted by molar-refractivity contribution is 5.76. The first-order valence-corrected chi connectivity index (χ1v) is 4.85. The molecule has 5 nitrogen and oxygen atoms in total. The molecular formula is C10H16N4O. The summed E-state index contributed by atoms with van der Waals surface area (Å²) in [6.45, 7) is 0.583. The number of hydrogen-bond acceptors (Lipinski definition) is 4. The van der Waals surface area contributed by atoms with Gasteiger partial charge in [0.15, 0.2) is 0 Å². The number of nitrogens with zero attached hydrogens (tertiary/aromatic N) is 1. The first kappa shape index (κ1) is 11.3. The molecule has 0 bridgehead atoms. The molecule has 0 unspecified atom stereocenters. The van der Waals surface area contributed by atoms with E-state index in [1.165, 1.54) is 0 Å². The molecule has 0 aromatic carbocycles. The highest BCUT2D eigenvalue weighted by Gasteiger charge is 1.98. The van der Waals surface area contributed by atoms with Crippen LogP contribution in [0.5, 0.6) is 0 Å². The van der Waals surface area contributed by atoms with E-state index in [0.29, 0.717) is 13.0 Å². The zero-order valence-electron chi connectivity index (χ0n) is 9.00. The Kier molecular flexibility index (Phi) is 4.40. The average molecular weight is 208 g/mol. The molecule has 5 heteroatoms. The van der Waals surface area contributed by atoms with Gasteiger partial charge < -0.3 is 16.0 Å². The Morgan fingerprint density at radius 2 is 2.07 bits per heavy atom. The molecule has 82 valence electrons. The Bertz CT molecular complexity index is 327. The quantitative estimate of drug-likeness (QED) is 0.665. The highest BCUT2D eigenvalue weighted by atomic mass is 16.1. The molecule has 0 saturated carbocycles. The summed E-state index contributed by atoms with van der Waals surface area (Å²) in [4.78, 5) is 15.2. The fourth-order valence-electron chi connectivity index (χ4n) is 1.10. The standard InChI is InChI=1S/C10H16N4O/c1-11-8-4-3-5-9(14-8)13-7-6-10(15)12-2/h3-5H,6-7H2,1-2H3,(H,12,15)(H2,11,13,14). The minimum atomic E-state index is 0.0206. The van der Waals surface area contributed by atoms with Crippen LogP contribution in [0.3, 0.4) is 0 Å². The number of anilines is 2. The number of carbonyl (C=O) groups excluding carboxylic acids is 1. The molecular weight excluding hydrogens is 192 g/mol. The van der Waals surface area contributed by atoms with Crippen molar-refractivity contribution in [3.8, 4) is 0 Å². The largest absolute Gasteiger partial charge is 0.373 e. The fourth-order valence-corrected chi connectivity index (χ4v) is 1.10. The second kappa shape index (κ2) is 5.85. The van der Waals surface area contributed by atoms with Gasteiger partial charge in [-0.2, -0.15) is 0 Å². The lowest BCUT2D eigenvalue weighted by molar-refractivity contribution is -0.120. The molecule has 1 rings (SSSR count). The second-order valence-electron chi connectivity index (χ2n) is 3.01. The second-order valence-corrected chi connectivity index (χ2v) is 3.01. The van der Waals surface area contributed by atoms with E-state index in [2.05, 4.69) is 20.9 Å². The van der Waals surface area contributed by atoms with E-state index in [-0.39, 0.29) is 5.91 Å². The molecule has 1 amide bonds. The summed E-state index contributed by atoms with van der Waals surface area (Å²) in [5.74, 6) is 1.60. The maximum atomic E-state index is 10.9. The highest BCUT2D eigenvalue weighted by Crippen LogP contribution is 2.07. The number of aromatic nitrogens is 1. The topological polar surface area (TPSA) is 66.1 Å². The van der Waals surface area contributed by atoms with Crippen LogP contribution in [-0.4, -0.2) is 31.5 Å². The van der Waals surface area contributed by atoms with Gasteiger partial charge in [0.05, 0.1) is 0 Å². The number of amides is 1. The third kappa shape index (κ3) is 3.84. The maximum Gasteiger partial charge on any atom is 0.221 e. The molecule has 0 aliphatic carbocycles. The van der Waals surface area contributed by atoms with Crippen LogP contribution in [0.4, 0.5) is 11.6 Å². The van der Waals surface area contributed by atoms with Crippen LogP contribution >= 0.6 is 0 Å². The van der Waals surface area contributed by atoms with E-state index >= 15 is 0 Å². The minimum Gasteiger partial charge on any atom is -0.373 e. The molecule has 1 aromatic heterocycles. The Morgan fingerprint density at radius 3 is 2.73 bits per heavy atom. The average Bonchev–Trinajstić information content (AvgIpc) is 2.29. The number of hydrogen-bond donors (Lipinski definition) is 3. The molecule has 0 spiro atoms. The van der Waals surface area contributed by atoms with Crippen LogP contribution < -0.4 is 16.0 Å². The van der Waals surface area contributed by atoms with Crippen molar-refractivity contribution in [2.75, 3.05) is 31.3 Å². The summed E-state index contributed by atoms with van der Waals surface area (Å²) in [5, 5.41) is 8.58. The van der Waals surface area contributed by atoms with Gasteiger partial charge in [-0.25, -0.2) is 4.98 Å².